The topological polar surface area (TPSA) is 25.8 Å². The zero-order valence-corrected chi connectivity index (χ0v) is 16.8. The van der Waals surface area contributed by atoms with E-state index in [-0.39, 0.29) is 45.9 Å². The van der Waals surface area contributed by atoms with Gasteiger partial charge in [0.25, 0.3) is 0 Å². The van der Waals surface area contributed by atoms with E-state index in [1.807, 2.05) is 24.5 Å². The summed E-state index contributed by atoms with van der Waals surface area (Å²) in [7, 11) is 0. The average Bonchev–Trinajstić information content (AvgIpc) is 2.48. The molecule has 0 aromatic carbocycles. The van der Waals surface area contributed by atoms with Crippen molar-refractivity contribution in [2.24, 2.45) is 0 Å². The number of aromatic nitrogens is 2. The maximum Gasteiger partial charge on any atom is 2.00 e. The molecule has 124 valence electrons. The molecule has 2 heterocycles. The number of aryl methyl sites for hydroxylation is 4. The van der Waals surface area contributed by atoms with Gasteiger partial charge in [-0.2, -0.15) is 0 Å². The summed E-state index contributed by atoms with van der Waals surface area (Å²) in [6, 6.07) is 8.41. The summed E-state index contributed by atoms with van der Waals surface area (Å²) in [6.45, 7) is 4.38. The third-order valence-corrected chi connectivity index (χ3v) is 3.56. The predicted molar refractivity (Wildman–Crippen MR) is 79.3 cm³/mol. The van der Waals surface area contributed by atoms with Crippen LogP contribution in [0.15, 0.2) is 36.7 Å². The molecule has 0 spiro atoms. The van der Waals surface area contributed by atoms with Crippen molar-refractivity contribution in [1.82, 2.24) is 9.97 Å². The molecule has 0 fully saturated rings. The van der Waals surface area contributed by atoms with E-state index in [2.05, 4.69) is 35.9 Å². The molecule has 5 heteroatoms. The van der Waals surface area contributed by atoms with Crippen LogP contribution in [0, 0.1) is 0 Å². The van der Waals surface area contributed by atoms with Gasteiger partial charge >= 0.3 is 21.1 Å². The fraction of sp³-hybridized carbons (Fsp3) is 0.412. The molecule has 0 atom stereocenters. The largest absolute Gasteiger partial charge is 2.00 e. The van der Waals surface area contributed by atoms with Gasteiger partial charge in [0, 0.05) is 23.8 Å². The van der Waals surface area contributed by atoms with Gasteiger partial charge in [-0.15, -0.1) is 0 Å². The molecular weight excluding hydrogens is 498 g/mol. The van der Waals surface area contributed by atoms with Crippen LogP contribution in [0.4, 0.5) is 0 Å². The molecule has 0 saturated heterocycles. The third-order valence-electron chi connectivity index (χ3n) is 3.56. The van der Waals surface area contributed by atoms with Gasteiger partial charge in [0.05, 0.1) is 0 Å². The Morgan fingerprint density at radius 2 is 1.18 bits per heavy atom. The Bertz CT molecular complexity index is 488. The van der Waals surface area contributed by atoms with E-state index < -0.39 is 0 Å². The maximum absolute atomic E-state index is 4.50. The van der Waals surface area contributed by atoms with E-state index in [9.17, 15) is 0 Å². The van der Waals surface area contributed by atoms with Gasteiger partial charge in [0.2, 0.25) is 0 Å². The molecular formula is C17H22Cl2N2Pt. The second-order valence-electron chi connectivity index (χ2n) is 4.78. The molecule has 2 rings (SSSR count). The van der Waals surface area contributed by atoms with Crippen molar-refractivity contribution < 1.29 is 45.9 Å². The molecule has 2 aromatic rings. The van der Waals surface area contributed by atoms with E-state index in [1.54, 1.807) is 0 Å². The van der Waals surface area contributed by atoms with Gasteiger partial charge in [-0.1, -0.05) is 26.0 Å². The summed E-state index contributed by atoms with van der Waals surface area (Å²) in [5, 5.41) is 0. The average molecular weight is 520 g/mol. The Kier molecular flexibility index (Phi) is 14.1. The molecule has 0 N–H and O–H groups in total. The van der Waals surface area contributed by atoms with Crippen LogP contribution in [0.25, 0.3) is 0 Å². The first kappa shape index (κ1) is 23.8. The normalized spacial score (nSPS) is 9.18. The van der Waals surface area contributed by atoms with Crippen molar-refractivity contribution in [2.45, 2.75) is 46.0 Å². The zero-order chi connectivity index (χ0) is 13.5. The first-order valence-electron chi connectivity index (χ1n) is 7.20. The molecule has 22 heavy (non-hydrogen) atoms. The zero-order valence-electron chi connectivity index (χ0n) is 13.0. The molecule has 2 aromatic heterocycles. The van der Waals surface area contributed by atoms with Crippen LogP contribution in [-0.4, -0.2) is 9.97 Å². The summed E-state index contributed by atoms with van der Waals surface area (Å²) in [5.74, 6) is 0. The van der Waals surface area contributed by atoms with E-state index in [0.29, 0.717) is 0 Å². The molecule has 0 saturated carbocycles. The first-order valence-corrected chi connectivity index (χ1v) is 7.20. The summed E-state index contributed by atoms with van der Waals surface area (Å²) >= 11 is 0. The number of nitrogens with zero attached hydrogens (tertiary/aromatic N) is 2. The van der Waals surface area contributed by atoms with Crippen molar-refractivity contribution >= 4 is 0 Å². The molecule has 0 bridgehead atoms. The minimum absolute atomic E-state index is 0. The van der Waals surface area contributed by atoms with Crippen molar-refractivity contribution in [3.05, 3.63) is 59.2 Å². The molecule has 0 aliphatic carbocycles. The molecule has 0 unspecified atom stereocenters. The second-order valence-corrected chi connectivity index (χ2v) is 4.78. The van der Waals surface area contributed by atoms with Gasteiger partial charge in [-0.05, 0) is 55.4 Å². The van der Waals surface area contributed by atoms with Crippen molar-refractivity contribution in [2.75, 3.05) is 0 Å². The Morgan fingerprint density at radius 1 is 0.773 bits per heavy atom. The van der Waals surface area contributed by atoms with Gasteiger partial charge < -0.3 is 24.8 Å². The number of hydrogen-bond donors (Lipinski definition) is 0. The van der Waals surface area contributed by atoms with E-state index in [1.165, 1.54) is 22.5 Å². The van der Waals surface area contributed by atoms with Gasteiger partial charge in [0.15, 0.2) is 0 Å². The Labute approximate surface area is 160 Å². The quantitative estimate of drug-likeness (QED) is 0.432. The second kappa shape index (κ2) is 13.0. The number of rotatable bonds is 6. The van der Waals surface area contributed by atoms with Crippen molar-refractivity contribution in [3.8, 4) is 0 Å². The summed E-state index contributed by atoms with van der Waals surface area (Å²) < 4.78 is 0. The summed E-state index contributed by atoms with van der Waals surface area (Å²) in [5.41, 5.74) is 5.25. The van der Waals surface area contributed by atoms with Crippen LogP contribution in [0.3, 0.4) is 0 Å². The minimum Gasteiger partial charge on any atom is -1.00 e. The smallest absolute Gasteiger partial charge is 1.00 e. The standard InChI is InChI=1S/C17H22N2.2ClH.Pt/c1-3-14-8-6-12-18-16(14)10-5-11-17-15(4-2)9-7-13-19-17;;;/h6-9,12-13H,3-5,10-11H2,1-2H3;2*1H;/q;;;+2/p-2. The minimum atomic E-state index is 0. The van der Waals surface area contributed by atoms with Crippen LogP contribution in [-0.2, 0) is 46.7 Å². The predicted octanol–water partition coefficient (Wildman–Crippen LogP) is -2.22. The molecule has 0 aliphatic rings. The van der Waals surface area contributed by atoms with E-state index >= 15 is 0 Å². The Balaban J connectivity index is 0. The number of hydrogen-bond acceptors (Lipinski definition) is 2. The fourth-order valence-corrected chi connectivity index (χ4v) is 2.46. The van der Waals surface area contributed by atoms with Crippen LogP contribution >= 0.6 is 0 Å². The fourth-order valence-electron chi connectivity index (χ4n) is 2.46. The molecule has 0 amide bonds. The van der Waals surface area contributed by atoms with Crippen LogP contribution in [0.2, 0.25) is 0 Å². The summed E-state index contributed by atoms with van der Waals surface area (Å²) in [4.78, 5) is 9.01. The molecule has 0 aliphatic heterocycles. The van der Waals surface area contributed by atoms with Crippen molar-refractivity contribution in [3.63, 3.8) is 0 Å². The monoisotopic (exact) mass is 519 g/mol. The summed E-state index contributed by atoms with van der Waals surface area (Å²) in [6.07, 6.45) is 9.13. The van der Waals surface area contributed by atoms with Crippen LogP contribution < -0.4 is 24.8 Å². The van der Waals surface area contributed by atoms with Gasteiger partial charge in [-0.25, -0.2) is 0 Å². The maximum atomic E-state index is 4.50. The number of halogens is 2. The third kappa shape index (κ3) is 6.77. The Hall–Kier alpha value is -0.432. The SMILES string of the molecule is CCc1cccnc1CCCc1ncccc1CC.[Cl-].[Cl-].[Pt+2]. The van der Waals surface area contributed by atoms with Crippen LogP contribution in [0.1, 0.15) is 42.8 Å². The number of pyridine rings is 2. The van der Waals surface area contributed by atoms with E-state index in [4.69, 9.17) is 0 Å². The van der Waals surface area contributed by atoms with E-state index in [0.717, 1.165) is 32.1 Å². The van der Waals surface area contributed by atoms with Crippen LogP contribution in [0.5, 0.6) is 0 Å². The molecule has 0 radical (unpaired) electrons. The Morgan fingerprint density at radius 3 is 1.55 bits per heavy atom. The van der Waals surface area contributed by atoms with Crippen molar-refractivity contribution in [1.29, 1.82) is 0 Å². The van der Waals surface area contributed by atoms with Gasteiger partial charge in [-0.3, -0.25) is 9.97 Å². The molecule has 2 nitrogen and oxygen atoms in total. The first-order chi connectivity index (χ1) is 9.35. The van der Waals surface area contributed by atoms with Gasteiger partial charge in [0.1, 0.15) is 0 Å².